The molecule has 5 rings (SSSR count). The molecule has 14 heteroatoms. The molecule has 1 aliphatic heterocycles. The average molecular weight is 547 g/mol. The van der Waals surface area contributed by atoms with Gasteiger partial charge in [-0.25, -0.2) is 28.2 Å². The van der Waals surface area contributed by atoms with Crippen molar-refractivity contribution < 1.29 is 27.0 Å². The maximum atomic E-state index is 12.7. The second-order valence-corrected chi connectivity index (χ2v) is 12.7. The van der Waals surface area contributed by atoms with E-state index in [0.717, 1.165) is 5.56 Å². The summed E-state index contributed by atoms with van der Waals surface area (Å²) in [5.74, 6) is 5.60. The summed E-state index contributed by atoms with van der Waals surface area (Å²) in [7, 11) is -7.41. The second-order valence-electron chi connectivity index (χ2n) is 9.31. The van der Waals surface area contributed by atoms with Gasteiger partial charge in [-0.3, -0.25) is 0 Å². The third-order valence-electron chi connectivity index (χ3n) is 6.91. The van der Waals surface area contributed by atoms with Gasteiger partial charge in [-0.15, -0.1) is 0 Å². The fourth-order valence-electron chi connectivity index (χ4n) is 5.19. The molecule has 37 heavy (non-hydrogen) atoms. The van der Waals surface area contributed by atoms with E-state index in [4.69, 9.17) is 10.9 Å². The van der Waals surface area contributed by atoms with Gasteiger partial charge in [-0.1, -0.05) is 24.0 Å². The number of hydrogen-bond acceptors (Lipinski definition) is 9. The van der Waals surface area contributed by atoms with Crippen LogP contribution in [0, 0.1) is 17.8 Å². The number of aliphatic hydroxyl groups excluding tert-OH is 2. The van der Waals surface area contributed by atoms with Gasteiger partial charge in [0.1, 0.15) is 23.9 Å². The highest BCUT2D eigenvalue weighted by molar-refractivity contribution is 7.91. The Kier molecular flexibility index (Phi) is 6.47. The minimum Gasteiger partial charge on any atom is -0.390 e. The van der Waals surface area contributed by atoms with E-state index in [2.05, 4.69) is 26.5 Å². The zero-order valence-electron chi connectivity index (χ0n) is 19.6. The number of nitrogen functional groups attached to an aromatic ring is 1. The molecular formula is C23H26N6O6S2. The Morgan fingerprint density at radius 2 is 1.92 bits per heavy atom. The van der Waals surface area contributed by atoms with Crippen LogP contribution in [0.4, 0.5) is 5.82 Å². The summed E-state index contributed by atoms with van der Waals surface area (Å²) in [6.45, 7) is -0.149. The number of nitrogens with one attached hydrogen (secondary N) is 1. The van der Waals surface area contributed by atoms with E-state index < -0.39 is 44.2 Å². The SMILES string of the molecule is Nc1ncnc2c1c(C#Cc1cccc3c1S(=O)(=O)CCC3)cn2[C@@H]1C[C@H](CNS(N)(=O)=O)[C@@H](O)[C@H]1O. The van der Waals surface area contributed by atoms with Crippen LogP contribution in [0.5, 0.6) is 0 Å². The van der Waals surface area contributed by atoms with Crippen molar-refractivity contribution in [3.05, 3.63) is 47.4 Å². The highest BCUT2D eigenvalue weighted by Gasteiger charge is 2.43. The summed E-state index contributed by atoms with van der Waals surface area (Å²) in [5.41, 5.74) is 8.07. The second kappa shape index (κ2) is 9.35. The van der Waals surface area contributed by atoms with E-state index in [-0.39, 0.29) is 29.4 Å². The molecule has 0 bridgehead atoms. The molecule has 3 heterocycles. The summed E-state index contributed by atoms with van der Waals surface area (Å²) in [6.07, 6.45) is 1.89. The first-order valence-corrected chi connectivity index (χ1v) is 14.8. The minimum atomic E-state index is -3.97. The first-order chi connectivity index (χ1) is 17.5. The summed E-state index contributed by atoms with van der Waals surface area (Å²) in [6, 6.07) is 4.56. The smallest absolute Gasteiger partial charge is 0.274 e. The largest absolute Gasteiger partial charge is 0.390 e. The van der Waals surface area contributed by atoms with E-state index in [0.29, 0.717) is 35.0 Å². The van der Waals surface area contributed by atoms with Crippen molar-refractivity contribution >= 4 is 36.9 Å². The molecule has 0 saturated heterocycles. The van der Waals surface area contributed by atoms with Crippen molar-refractivity contribution in [1.29, 1.82) is 0 Å². The van der Waals surface area contributed by atoms with Crippen LogP contribution in [0.1, 0.15) is 35.6 Å². The molecule has 196 valence electrons. The number of anilines is 1. The van der Waals surface area contributed by atoms with Crippen LogP contribution in [0.3, 0.4) is 0 Å². The van der Waals surface area contributed by atoms with Gasteiger partial charge in [0, 0.05) is 24.2 Å². The van der Waals surface area contributed by atoms with Crippen LogP contribution in [0.25, 0.3) is 11.0 Å². The molecular weight excluding hydrogens is 520 g/mol. The lowest BCUT2D eigenvalue weighted by atomic mass is 10.1. The van der Waals surface area contributed by atoms with Gasteiger partial charge in [0.15, 0.2) is 9.84 Å². The molecule has 0 spiro atoms. The maximum absolute atomic E-state index is 12.7. The topological polar surface area (TPSA) is 204 Å². The van der Waals surface area contributed by atoms with Gasteiger partial charge in [0.2, 0.25) is 0 Å². The number of benzene rings is 1. The number of aliphatic hydroxyl groups is 2. The van der Waals surface area contributed by atoms with E-state index in [1.807, 2.05) is 0 Å². The molecule has 4 atom stereocenters. The lowest BCUT2D eigenvalue weighted by Gasteiger charge is -2.19. The molecule has 1 fully saturated rings. The van der Waals surface area contributed by atoms with Gasteiger partial charge >= 0.3 is 0 Å². The van der Waals surface area contributed by atoms with Crippen molar-refractivity contribution in [2.75, 3.05) is 18.0 Å². The quantitative estimate of drug-likeness (QED) is 0.260. The third kappa shape index (κ3) is 4.81. The van der Waals surface area contributed by atoms with Crippen LogP contribution >= 0.6 is 0 Å². The van der Waals surface area contributed by atoms with E-state index in [9.17, 15) is 27.0 Å². The van der Waals surface area contributed by atoms with Crippen LogP contribution in [0.2, 0.25) is 0 Å². The first-order valence-electron chi connectivity index (χ1n) is 11.6. The Hall–Kier alpha value is -3.06. The van der Waals surface area contributed by atoms with Crippen LogP contribution in [-0.4, -0.2) is 66.1 Å². The van der Waals surface area contributed by atoms with Crippen molar-refractivity contribution in [1.82, 2.24) is 19.3 Å². The number of nitrogens with zero attached hydrogens (tertiary/aromatic N) is 3. The highest BCUT2D eigenvalue weighted by Crippen LogP contribution is 2.38. The third-order valence-corrected chi connectivity index (χ3v) is 9.41. The van der Waals surface area contributed by atoms with Crippen molar-refractivity contribution in [3.8, 4) is 11.8 Å². The summed E-state index contributed by atoms with van der Waals surface area (Å²) >= 11 is 0. The Morgan fingerprint density at radius 1 is 1.16 bits per heavy atom. The lowest BCUT2D eigenvalue weighted by molar-refractivity contribution is 0.00769. The van der Waals surface area contributed by atoms with Crippen molar-refractivity contribution in [2.24, 2.45) is 11.1 Å². The van der Waals surface area contributed by atoms with Gasteiger partial charge in [0.05, 0.1) is 33.7 Å². The van der Waals surface area contributed by atoms with Crippen LogP contribution < -0.4 is 15.6 Å². The van der Waals surface area contributed by atoms with E-state index in [1.165, 1.54) is 6.33 Å². The molecule has 2 aliphatic rings. The normalized spacial score (nSPS) is 24.9. The van der Waals surface area contributed by atoms with E-state index in [1.54, 1.807) is 29.0 Å². The summed E-state index contributed by atoms with van der Waals surface area (Å²) in [5, 5.41) is 26.8. The zero-order chi connectivity index (χ0) is 26.5. The molecule has 1 aromatic carbocycles. The monoisotopic (exact) mass is 546 g/mol. The fraction of sp³-hybridized carbons (Fsp3) is 0.391. The highest BCUT2D eigenvalue weighted by atomic mass is 32.2. The average Bonchev–Trinajstić information content (AvgIpc) is 3.33. The molecule has 2 aromatic heterocycles. The first kappa shape index (κ1) is 25.6. The van der Waals surface area contributed by atoms with Crippen LogP contribution in [0.15, 0.2) is 35.6 Å². The predicted molar refractivity (Wildman–Crippen MR) is 135 cm³/mol. The molecule has 12 nitrogen and oxygen atoms in total. The number of hydrogen-bond donors (Lipinski definition) is 5. The van der Waals surface area contributed by atoms with Crippen molar-refractivity contribution in [3.63, 3.8) is 0 Å². The number of aryl methyl sites for hydroxylation is 1. The fourth-order valence-corrected chi connectivity index (χ4v) is 7.39. The van der Waals surface area contributed by atoms with Crippen molar-refractivity contribution in [2.45, 2.75) is 42.4 Å². The number of nitrogens with two attached hydrogens (primary N) is 2. The summed E-state index contributed by atoms with van der Waals surface area (Å²) < 4.78 is 51.9. The molecule has 0 unspecified atom stereocenters. The maximum Gasteiger partial charge on any atom is 0.274 e. The van der Waals surface area contributed by atoms with Gasteiger partial charge < -0.3 is 20.5 Å². The van der Waals surface area contributed by atoms with E-state index >= 15 is 0 Å². The molecule has 7 N–H and O–H groups in total. The number of aromatic nitrogens is 3. The van der Waals surface area contributed by atoms with Gasteiger partial charge in [-0.05, 0) is 30.9 Å². The molecule has 0 amide bonds. The standard InChI is InChI=1S/C23H26N6O6S2/c24-22-18-15(7-6-14-4-1-3-13-5-2-8-36(32,33)21(13)14)11-29(23(18)27-12-26-22)17-9-16(19(30)20(17)31)10-28-37(25,34)35/h1,3-4,11-12,16-17,19-20,28,30-31H,2,5,8-10H2,(H2,24,26,27)(H2,25,34,35)/t16-,17-,19-,20+/m1/s1. The Morgan fingerprint density at radius 3 is 2.68 bits per heavy atom. The minimum absolute atomic E-state index is 0.0716. The number of fused-ring (bicyclic) bond motifs is 2. The molecule has 3 aromatic rings. The van der Waals surface area contributed by atoms with Gasteiger partial charge in [0.25, 0.3) is 10.2 Å². The molecule has 1 saturated carbocycles. The molecule has 0 radical (unpaired) electrons. The predicted octanol–water partition coefficient (Wildman–Crippen LogP) is -0.791. The lowest BCUT2D eigenvalue weighted by Crippen LogP contribution is -2.38. The summed E-state index contributed by atoms with van der Waals surface area (Å²) in [4.78, 5) is 8.61. The molecule has 1 aliphatic carbocycles. The Labute approximate surface area is 213 Å². The van der Waals surface area contributed by atoms with Gasteiger partial charge in [-0.2, -0.15) is 8.42 Å². The Bertz CT molecular complexity index is 1660. The number of sulfone groups is 1. The number of rotatable bonds is 4. The van der Waals surface area contributed by atoms with Crippen LogP contribution in [-0.2, 0) is 26.5 Å². The Balaban J connectivity index is 1.56. The zero-order valence-corrected chi connectivity index (χ0v) is 21.2.